The van der Waals surface area contributed by atoms with Gasteiger partial charge in [-0.15, -0.1) is 0 Å². The Hall–Kier alpha value is -1.64. The lowest BCUT2D eigenvalue weighted by Crippen LogP contribution is -2.42. The molecule has 3 nitrogen and oxygen atoms in total. The van der Waals surface area contributed by atoms with Crippen molar-refractivity contribution in [3.8, 4) is 0 Å². The summed E-state index contributed by atoms with van der Waals surface area (Å²) in [5, 5.41) is 0. The summed E-state index contributed by atoms with van der Waals surface area (Å²) < 4.78 is 5.02. The van der Waals surface area contributed by atoms with E-state index in [2.05, 4.69) is 6.58 Å². The minimum Gasteiger partial charge on any atom is -0.430 e. The number of carbonyl (C=O) groups is 2. The van der Waals surface area contributed by atoms with Crippen LogP contribution in [0.25, 0.3) is 0 Å². The van der Waals surface area contributed by atoms with Crippen molar-refractivity contribution in [3.63, 3.8) is 0 Å². The van der Waals surface area contributed by atoms with E-state index in [0.717, 1.165) is 5.57 Å². The van der Waals surface area contributed by atoms with Gasteiger partial charge < -0.3 is 4.74 Å². The molecule has 78 valence electrons. The van der Waals surface area contributed by atoms with E-state index in [9.17, 15) is 9.59 Å². The Kier molecular flexibility index (Phi) is 1.93. The van der Waals surface area contributed by atoms with E-state index in [1.165, 1.54) is 6.08 Å². The summed E-state index contributed by atoms with van der Waals surface area (Å²) in [5.41, 5.74) is 0.304. The van der Waals surface area contributed by atoms with Crippen molar-refractivity contribution in [1.82, 2.24) is 0 Å². The van der Waals surface area contributed by atoms with Gasteiger partial charge in [-0.25, -0.2) is 0 Å². The second-order valence-corrected chi connectivity index (χ2v) is 3.98. The zero-order chi connectivity index (χ0) is 11.2. The minimum absolute atomic E-state index is 0.214. The van der Waals surface area contributed by atoms with Crippen LogP contribution in [0.3, 0.4) is 0 Å². The van der Waals surface area contributed by atoms with Crippen molar-refractivity contribution >= 4 is 11.8 Å². The van der Waals surface area contributed by atoms with Crippen molar-refractivity contribution < 1.29 is 14.3 Å². The molecule has 2 aliphatic rings. The summed E-state index contributed by atoms with van der Waals surface area (Å²) in [5.74, 6) is -0.354. The van der Waals surface area contributed by atoms with E-state index in [1.54, 1.807) is 6.92 Å². The molecule has 0 saturated heterocycles. The standard InChI is InChI=1S/C12H12O3/c1-7-4-5-12(9(7)3)10(13)6-8(2)15-11(12)14/h4,6H,3,5H2,1-2H3. The Bertz CT molecular complexity index is 440. The van der Waals surface area contributed by atoms with Gasteiger partial charge in [0.05, 0.1) is 0 Å². The van der Waals surface area contributed by atoms with Gasteiger partial charge in [0.25, 0.3) is 0 Å². The molecule has 0 aromatic carbocycles. The Morgan fingerprint density at radius 3 is 2.53 bits per heavy atom. The molecule has 0 saturated carbocycles. The molecule has 0 bridgehead atoms. The van der Waals surface area contributed by atoms with Gasteiger partial charge in [-0.3, -0.25) is 9.59 Å². The lowest BCUT2D eigenvalue weighted by Gasteiger charge is -2.29. The molecule has 0 aromatic rings. The second kappa shape index (κ2) is 2.92. The smallest absolute Gasteiger partial charge is 0.329 e. The molecule has 2 rings (SSSR count). The summed E-state index contributed by atoms with van der Waals surface area (Å²) in [6, 6.07) is 0. The number of carbonyl (C=O) groups excluding carboxylic acids is 2. The predicted octanol–water partition coefficient (Wildman–Crippen LogP) is 1.91. The summed E-state index contributed by atoms with van der Waals surface area (Å²) in [6.45, 7) is 7.27. The molecule has 1 aliphatic heterocycles. The largest absolute Gasteiger partial charge is 0.430 e. The Morgan fingerprint density at radius 1 is 1.40 bits per heavy atom. The summed E-state index contributed by atoms with van der Waals surface area (Å²) in [6.07, 6.45) is 3.61. The van der Waals surface area contributed by atoms with Crippen molar-refractivity contribution in [2.75, 3.05) is 0 Å². The van der Waals surface area contributed by atoms with Crippen LogP contribution in [0.4, 0.5) is 0 Å². The summed E-state index contributed by atoms with van der Waals surface area (Å²) >= 11 is 0. The minimum atomic E-state index is -1.16. The molecular formula is C12H12O3. The van der Waals surface area contributed by atoms with E-state index < -0.39 is 11.4 Å². The molecule has 1 heterocycles. The second-order valence-electron chi connectivity index (χ2n) is 3.98. The number of hydrogen-bond acceptors (Lipinski definition) is 3. The third-order valence-electron chi connectivity index (χ3n) is 3.06. The first-order valence-electron chi connectivity index (χ1n) is 4.80. The lowest BCUT2D eigenvalue weighted by atomic mass is 9.75. The highest BCUT2D eigenvalue weighted by atomic mass is 16.5. The first-order chi connectivity index (χ1) is 6.98. The number of cyclic esters (lactones) is 1. The molecule has 0 radical (unpaired) electrons. The van der Waals surface area contributed by atoms with Crippen LogP contribution in [0.1, 0.15) is 20.3 Å². The normalized spacial score (nSPS) is 30.4. The molecule has 1 unspecified atom stereocenters. The Labute approximate surface area is 88.1 Å². The maximum absolute atomic E-state index is 11.9. The van der Waals surface area contributed by atoms with Gasteiger partial charge >= 0.3 is 5.97 Å². The van der Waals surface area contributed by atoms with Gasteiger partial charge in [0.1, 0.15) is 5.76 Å². The molecule has 1 spiro atoms. The third kappa shape index (κ3) is 1.12. The summed E-state index contributed by atoms with van der Waals surface area (Å²) in [4.78, 5) is 23.7. The molecule has 1 atom stereocenters. The SMILES string of the molecule is C=C1C(C)=CCC12C(=O)C=C(C)OC2=O. The van der Waals surface area contributed by atoms with Gasteiger partial charge in [-0.2, -0.15) is 0 Å². The molecule has 15 heavy (non-hydrogen) atoms. The van der Waals surface area contributed by atoms with E-state index in [0.29, 0.717) is 17.8 Å². The predicted molar refractivity (Wildman–Crippen MR) is 54.8 cm³/mol. The maximum Gasteiger partial charge on any atom is 0.329 e. The van der Waals surface area contributed by atoms with Gasteiger partial charge in [0.15, 0.2) is 11.2 Å². The van der Waals surface area contributed by atoms with Gasteiger partial charge in [-0.1, -0.05) is 18.2 Å². The highest BCUT2D eigenvalue weighted by Gasteiger charge is 2.52. The van der Waals surface area contributed by atoms with Gasteiger partial charge in [0, 0.05) is 6.08 Å². The van der Waals surface area contributed by atoms with Crippen LogP contribution < -0.4 is 0 Å². The molecule has 3 heteroatoms. The maximum atomic E-state index is 11.9. The number of rotatable bonds is 0. The van der Waals surface area contributed by atoms with Crippen molar-refractivity contribution in [2.24, 2.45) is 5.41 Å². The van der Waals surface area contributed by atoms with Crippen LogP contribution in [-0.4, -0.2) is 11.8 Å². The van der Waals surface area contributed by atoms with Gasteiger partial charge in [0.2, 0.25) is 0 Å². The molecule has 0 aromatic heterocycles. The Balaban J connectivity index is 2.51. The van der Waals surface area contributed by atoms with Crippen molar-refractivity contribution in [3.05, 3.63) is 35.6 Å². The van der Waals surface area contributed by atoms with Crippen LogP contribution in [0.5, 0.6) is 0 Å². The first-order valence-corrected chi connectivity index (χ1v) is 4.80. The van der Waals surface area contributed by atoms with Crippen LogP contribution in [-0.2, 0) is 14.3 Å². The highest BCUT2D eigenvalue weighted by Crippen LogP contribution is 2.45. The quantitative estimate of drug-likeness (QED) is 0.447. The van der Waals surface area contributed by atoms with Crippen LogP contribution in [0.15, 0.2) is 35.6 Å². The van der Waals surface area contributed by atoms with E-state index in [4.69, 9.17) is 4.74 Å². The average molecular weight is 204 g/mol. The first kappa shape index (κ1) is 9.90. The fourth-order valence-corrected chi connectivity index (χ4v) is 2.02. The zero-order valence-corrected chi connectivity index (χ0v) is 8.79. The molecular weight excluding hydrogens is 192 g/mol. The van der Waals surface area contributed by atoms with Gasteiger partial charge in [-0.05, 0) is 25.8 Å². The average Bonchev–Trinajstić information content (AvgIpc) is 2.43. The van der Waals surface area contributed by atoms with Crippen LogP contribution >= 0.6 is 0 Å². The fraction of sp³-hybridized carbons (Fsp3) is 0.333. The van der Waals surface area contributed by atoms with Crippen LogP contribution in [0, 0.1) is 5.41 Å². The van der Waals surface area contributed by atoms with Crippen molar-refractivity contribution in [2.45, 2.75) is 20.3 Å². The third-order valence-corrected chi connectivity index (χ3v) is 3.06. The summed E-state index contributed by atoms with van der Waals surface area (Å²) in [7, 11) is 0. The van der Waals surface area contributed by atoms with Crippen LogP contribution in [0.2, 0.25) is 0 Å². The number of esters is 1. The zero-order valence-electron chi connectivity index (χ0n) is 8.79. The number of allylic oxidation sites excluding steroid dienone is 4. The molecule has 0 fully saturated rings. The number of hydrogen-bond donors (Lipinski definition) is 0. The van der Waals surface area contributed by atoms with E-state index >= 15 is 0 Å². The molecule has 0 amide bonds. The fourth-order valence-electron chi connectivity index (χ4n) is 2.02. The van der Waals surface area contributed by atoms with Crippen molar-refractivity contribution in [1.29, 1.82) is 0 Å². The van der Waals surface area contributed by atoms with E-state index in [-0.39, 0.29) is 5.78 Å². The lowest BCUT2D eigenvalue weighted by molar-refractivity contribution is -0.154. The topological polar surface area (TPSA) is 43.4 Å². The highest BCUT2D eigenvalue weighted by molar-refractivity contribution is 6.15. The number of ketones is 1. The number of ether oxygens (including phenoxy) is 1. The monoisotopic (exact) mass is 204 g/mol. The molecule has 0 N–H and O–H groups in total. The Morgan fingerprint density at radius 2 is 2.07 bits per heavy atom. The van der Waals surface area contributed by atoms with E-state index in [1.807, 2.05) is 13.0 Å². The molecule has 1 aliphatic carbocycles.